The van der Waals surface area contributed by atoms with Crippen LogP contribution in [-0.2, 0) is 10.8 Å². The van der Waals surface area contributed by atoms with Crippen LogP contribution in [0.5, 0.6) is 0 Å². The highest BCUT2D eigenvalue weighted by Gasteiger charge is 2.46. The van der Waals surface area contributed by atoms with Crippen molar-refractivity contribution >= 4 is 45.6 Å². The number of rotatable bonds is 3. The molecular formula is C38H38O3P+. The smallest absolute Gasteiger partial charge is 0.189 e. The number of hydrogen-bond acceptors (Lipinski definition) is 3. The Hall–Kier alpha value is -3.59. The zero-order chi connectivity index (χ0) is 30.0. The van der Waals surface area contributed by atoms with E-state index in [0.717, 1.165) is 54.6 Å². The lowest BCUT2D eigenvalue weighted by Crippen LogP contribution is -2.28. The molecule has 0 atom stereocenters. The Balaban J connectivity index is 1.86. The fourth-order valence-corrected chi connectivity index (χ4v) is 7.55. The Labute approximate surface area is 248 Å². The SMILES string of the molecule is CC(C)(C)c1ccc2c(-c3ccc4ccccc4c3)c([P+](O)(O)O)c(C(C)(C)C)c(-c3ccc4ccccc4c3)c2c1. The summed E-state index contributed by atoms with van der Waals surface area (Å²) < 4.78 is 0. The maximum Gasteiger partial charge on any atom is 0.441 e. The van der Waals surface area contributed by atoms with Crippen molar-refractivity contribution in [2.45, 2.75) is 52.4 Å². The average Bonchev–Trinajstić information content (AvgIpc) is 2.93. The summed E-state index contributed by atoms with van der Waals surface area (Å²) in [7, 11) is -4.51. The molecule has 3 nitrogen and oxygen atoms in total. The lowest BCUT2D eigenvalue weighted by molar-refractivity contribution is 0.346. The van der Waals surface area contributed by atoms with Gasteiger partial charge in [0, 0.05) is 11.1 Å². The predicted octanol–water partition coefficient (Wildman–Crippen LogP) is 9.44. The van der Waals surface area contributed by atoms with E-state index in [9.17, 15) is 14.7 Å². The van der Waals surface area contributed by atoms with Crippen LogP contribution in [0, 0.1) is 0 Å². The molecule has 6 rings (SSSR count). The first kappa shape index (κ1) is 28.5. The third kappa shape index (κ3) is 5.02. The van der Waals surface area contributed by atoms with Crippen LogP contribution < -0.4 is 5.30 Å². The van der Waals surface area contributed by atoms with Crippen LogP contribution in [0.15, 0.2) is 103 Å². The summed E-state index contributed by atoms with van der Waals surface area (Å²) in [6, 6.07) is 35.5. The van der Waals surface area contributed by atoms with Crippen LogP contribution in [0.2, 0.25) is 0 Å². The van der Waals surface area contributed by atoms with E-state index in [-0.39, 0.29) is 10.7 Å². The minimum absolute atomic E-state index is 0.0970. The summed E-state index contributed by atoms with van der Waals surface area (Å²) in [5.74, 6) is 0. The molecule has 0 unspecified atom stereocenters. The van der Waals surface area contributed by atoms with Gasteiger partial charge in [0.2, 0.25) is 0 Å². The highest BCUT2D eigenvalue weighted by atomic mass is 31.2. The summed E-state index contributed by atoms with van der Waals surface area (Å²) in [5.41, 5.74) is 4.73. The van der Waals surface area contributed by atoms with E-state index in [4.69, 9.17) is 0 Å². The minimum Gasteiger partial charge on any atom is -0.189 e. The molecule has 212 valence electrons. The molecule has 0 heterocycles. The number of fused-ring (bicyclic) bond motifs is 3. The Kier molecular flexibility index (Phi) is 6.79. The van der Waals surface area contributed by atoms with E-state index >= 15 is 0 Å². The van der Waals surface area contributed by atoms with Crippen LogP contribution in [0.1, 0.15) is 52.7 Å². The summed E-state index contributed by atoms with van der Waals surface area (Å²) in [6.07, 6.45) is 0. The molecular weight excluding hydrogens is 535 g/mol. The molecule has 0 saturated heterocycles. The Morgan fingerprint density at radius 2 is 0.976 bits per heavy atom. The zero-order valence-corrected chi connectivity index (χ0v) is 26.0. The van der Waals surface area contributed by atoms with Gasteiger partial charge in [0.15, 0.2) is 5.30 Å². The fraction of sp³-hybridized carbons (Fsp3) is 0.211. The van der Waals surface area contributed by atoms with Crippen molar-refractivity contribution in [1.82, 2.24) is 0 Å². The fourth-order valence-electron chi connectivity index (χ4n) is 6.25. The minimum atomic E-state index is -4.51. The topological polar surface area (TPSA) is 60.7 Å². The van der Waals surface area contributed by atoms with E-state index in [1.165, 1.54) is 5.56 Å². The van der Waals surface area contributed by atoms with Crippen LogP contribution >= 0.6 is 7.94 Å². The maximum atomic E-state index is 11.3. The predicted molar refractivity (Wildman–Crippen MR) is 180 cm³/mol. The molecule has 0 amide bonds. The number of benzene rings is 6. The molecule has 3 N–H and O–H groups in total. The van der Waals surface area contributed by atoms with E-state index in [1.54, 1.807) is 0 Å². The molecule has 0 aliphatic heterocycles. The van der Waals surface area contributed by atoms with Gasteiger partial charge in [-0.15, -0.1) is 0 Å². The lowest BCUT2D eigenvalue weighted by atomic mass is 9.76. The van der Waals surface area contributed by atoms with Crippen molar-refractivity contribution in [3.05, 3.63) is 114 Å². The maximum absolute atomic E-state index is 11.3. The van der Waals surface area contributed by atoms with Crippen molar-refractivity contribution in [1.29, 1.82) is 0 Å². The molecule has 0 aromatic heterocycles. The van der Waals surface area contributed by atoms with Crippen LogP contribution in [0.3, 0.4) is 0 Å². The highest BCUT2D eigenvalue weighted by Crippen LogP contribution is 2.54. The van der Waals surface area contributed by atoms with E-state index in [1.807, 2.05) is 30.3 Å². The lowest BCUT2D eigenvalue weighted by Gasteiger charge is -2.30. The van der Waals surface area contributed by atoms with Crippen molar-refractivity contribution < 1.29 is 14.7 Å². The van der Waals surface area contributed by atoms with Crippen molar-refractivity contribution in [3.63, 3.8) is 0 Å². The van der Waals surface area contributed by atoms with Gasteiger partial charge in [-0.1, -0.05) is 126 Å². The molecule has 0 aliphatic rings. The van der Waals surface area contributed by atoms with Gasteiger partial charge in [-0.2, -0.15) is 14.7 Å². The normalized spacial score (nSPS) is 12.9. The van der Waals surface area contributed by atoms with Crippen LogP contribution in [0.25, 0.3) is 54.6 Å². The van der Waals surface area contributed by atoms with Gasteiger partial charge in [0.1, 0.15) is 0 Å². The summed E-state index contributed by atoms with van der Waals surface area (Å²) in [6.45, 7) is 12.9. The van der Waals surface area contributed by atoms with Gasteiger partial charge in [-0.25, -0.2) is 0 Å². The van der Waals surface area contributed by atoms with E-state index in [2.05, 4.69) is 114 Å². The van der Waals surface area contributed by atoms with Gasteiger partial charge >= 0.3 is 7.94 Å². The second-order valence-electron chi connectivity index (χ2n) is 13.4. The molecule has 0 bridgehead atoms. The Morgan fingerprint density at radius 3 is 1.45 bits per heavy atom. The van der Waals surface area contributed by atoms with Gasteiger partial charge in [-0.05, 0) is 83.6 Å². The first-order valence-corrected chi connectivity index (χ1v) is 16.1. The van der Waals surface area contributed by atoms with Gasteiger partial charge < -0.3 is 0 Å². The van der Waals surface area contributed by atoms with Crippen LogP contribution in [-0.4, -0.2) is 14.7 Å². The first-order valence-electron chi connectivity index (χ1n) is 14.4. The molecule has 6 aromatic rings. The third-order valence-corrected chi connectivity index (χ3v) is 9.32. The molecule has 0 spiro atoms. The molecule has 42 heavy (non-hydrogen) atoms. The molecule has 0 aliphatic carbocycles. The van der Waals surface area contributed by atoms with Crippen LogP contribution in [0.4, 0.5) is 0 Å². The van der Waals surface area contributed by atoms with Crippen molar-refractivity contribution in [2.75, 3.05) is 0 Å². The Bertz CT molecular complexity index is 1990. The molecule has 0 fully saturated rings. The average molecular weight is 574 g/mol. The first-order chi connectivity index (χ1) is 19.7. The Morgan fingerprint density at radius 1 is 0.476 bits per heavy atom. The standard InChI is InChI=1S/C38H38O3P/c1-37(2,3)30-19-20-31-32(23-30)33(28-17-15-24-11-7-9-13-26(24)21-28)35(38(4,5)6)36(42(39,40)41)34(31)29-18-16-25-12-8-10-14-27(25)22-29/h7-23,39-41H,1-6H3/q+1. The van der Waals surface area contributed by atoms with Crippen molar-refractivity contribution in [3.8, 4) is 22.3 Å². The quantitative estimate of drug-likeness (QED) is 0.185. The van der Waals surface area contributed by atoms with E-state index in [0.29, 0.717) is 5.56 Å². The van der Waals surface area contributed by atoms with Gasteiger partial charge in [0.05, 0.1) is 0 Å². The highest BCUT2D eigenvalue weighted by molar-refractivity contribution is 7.67. The monoisotopic (exact) mass is 573 g/mol. The molecule has 4 heteroatoms. The third-order valence-electron chi connectivity index (χ3n) is 8.27. The zero-order valence-electron chi connectivity index (χ0n) is 25.1. The van der Waals surface area contributed by atoms with Gasteiger partial charge in [0.25, 0.3) is 0 Å². The van der Waals surface area contributed by atoms with Gasteiger partial charge in [-0.3, -0.25) is 0 Å². The second-order valence-corrected chi connectivity index (χ2v) is 15.0. The summed E-state index contributed by atoms with van der Waals surface area (Å²) in [5, 5.41) is 6.53. The molecule has 6 aromatic carbocycles. The van der Waals surface area contributed by atoms with E-state index < -0.39 is 13.4 Å². The molecule has 0 radical (unpaired) electrons. The number of hydrogen-bond donors (Lipinski definition) is 3. The second kappa shape index (κ2) is 10.0. The van der Waals surface area contributed by atoms with Crippen molar-refractivity contribution in [2.24, 2.45) is 0 Å². The molecule has 0 saturated carbocycles. The largest absolute Gasteiger partial charge is 0.441 e. The summed E-state index contributed by atoms with van der Waals surface area (Å²) >= 11 is 0. The summed E-state index contributed by atoms with van der Waals surface area (Å²) in [4.78, 5) is 33.9.